The maximum atomic E-state index is 12.9. The Labute approximate surface area is 159 Å². The van der Waals surface area contributed by atoms with Crippen LogP contribution in [0.4, 0.5) is 0 Å². The largest absolute Gasteiger partial charge is 0.342 e. The number of piperidine rings is 1. The lowest BCUT2D eigenvalue weighted by atomic mass is 9.95. The van der Waals surface area contributed by atoms with Crippen molar-refractivity contribution in [2.45, 2.75) is 45.6 Å². The number of imidazole rings is 1. The number of rotatable bonds is 3. The molecule has 0 aliphatic carbocycles. The van der Waals surface area contributed by atoms with Crippen LogP contribution in [0.25, 0.3) is 11.2 Å². The standard InChI is InChI=1S/C20H27N5O2/c1-14(2)25-13-22-17-11-16(12-21-18(17)25)20(27)24-9-5-15(6-10-24)19(26)23-7-3-4-8-23/h11-15H,3-10H2,1-2H3. The summed E-state index contributed by atoms with van der Waals surface area (Å²) in [5, 5.41) is 0. The Morgan fingerprint density at radius 2 is 1.74 bits per heavy atom. The van der Waals surface area contributed by atoms with Crippen LogP contribution in [0.1, 0.15) is 55.9 Å². The number of hydrogen-bond acceptors (Lipinski definition) is 4. The van der Waals surface area contributed by atoms with Crippen molar-refractivity contribution in [1.29, 1.82) is 0 Å². The van der Waals surface area contributed by atoms with Crippen molar-refractivity contribution in [2.75, 3.05) is 26.2 Å². The molecule has 2 saturated heterocycles. The summed E-state index contributed by atoms with van der Waals surface area (Å²) in [6.07, 6.45) is 7.15. The van der Waals surface area contributed by atoms with E-state index in [1.54, 1.807) is 12.5 Å². The number of likely N-dealkylation sites (tertiary alicyclic amines) is 2. The molecule has 7 heteroatoms. The van der Waals surface area contributed by atoms with E-state index in [1.807, 2.05) is 20.4 Å². The lowest BCUT2D eigenvalue weighted by molar-refractivity contribution is -0.135. The van der Waals surface area contributed by atoms with E-state index in [2.05, 4.69) is 23.8 Å². The zero-order valence-corrected chi connectivity index (χ0v) is 16.1. The minimum absolute atomic E-state index is 0.0180. The van der Waals surface area contributed by atoms with E-state index in [4.69, 9.17) is 0 Å². The molecule has 0 atom stereocenters. The number of amides is 2. The van der Waals surface area contributed by atoms with Crippen LogP contribution in [0.2, 0.25) is 0 Å². The van der Waals surface area contributed by atoms with Gasteiger partial charge in [-0.25, -0.2) is 9.97 Å². The van der Waals surface area contributed by atoms with E-state index in [0.717, 1.165) is 49.9 Å². The maximum Gasteiger partial charge on any atom is 0.255 e. The van der Waals surface area contributed by atoms with Crippen LogP contribution in [-0.4, -0.2) is 62.3 Å². The van der Waals surface area contributed by atoms with Crippen molar-refractivity contribution >= 4 is 23.0 Å². The summed E-state index contributed by atoms with van der Waals surface area (Å²) in [4.78, 5) is 38.1. The highest BCUT2D eigenvalue weighted by Gasteiger charge is 2.31. The van der Waals surface area contributed by atoms with Gasteiger partial charge in [-0.2, -0.15) is 0 Å². The van der Waals surface area contributed by atoms with Gasteiger partial charge in [0.05, 0.1) is 11.9 Å². The van der Waals surface area contributed by atoms with Gasteiger partial charge < -0.3 is 14.4 Å². The van der Waals surface area contributed by atoms with E-state index in [9.17, 15) is 9.59 Å². The molecule has 4 heterocycles. The highest BCUT2D eigenvalue weighted by Crippen LogP contribution is 2.24. The summed E-state index contributed by atoms with van der Waals surface area (Å²) < 4.78 is 2.00. The van der Waals surface area contributed by atoms with E-state index in [1.165, 1.54) is 0 Å². The normalized spacial score (nSPS) is 18.6. The third kappa shape index (κ3) is 3.42. The third-order valence-electron chi connectivity index (χ3n) is 5.77. The van der Waals surface area contributed by atoms with Crippen LogP contribution in [0.5, 0.6) is 0 Å². The zero-order valence-electron chi connectivity index (χ0n) is 16.1. The molecule has 7 nitrogen and oxygen atoms in total. The van der Waals surface area contributed by atoms with Gasteiger partial charge in [-0.05, 0) is 45.6 Å². The van der Waals surface area contributed by atoms with Crippen molar-refractivity contribution in [1.82, 2.24) is 24.3 Å². The van der Waals surface area contributed by atoms with Crippen molar-refractivity contribution in [2.24, 2.45) is 5.92 Å². The quantitative estimate of drug-likeness (QED) is 0.833. The maximum absolute atomic E-state index is 12.9. The first-order valence-corrected chi connectivity index (χ1v) is 9.95. The second kappa shape index (κ2) is 7.29. The molecule has 2 aromatic heterocycles. The van der Waals surface area contributed by atoms with E-state index < -0.39 is 0 Å². The number of pyridine rings is 1. The number of carbonyl (C=O) groups is 2. The molecule has 2 aliphatic heterocycles. The molecular formula is C20H27N5O2. The highest BCUT2D eigenvalue weighted by atomic mass is 16.2. The summed E-state index contributed by atoms with van der Waals surface area (Å²) in [5.74, 6) is 0.326. The van der Waals surface area contributed by atoms with Gasteiger partial charge >= 0.3 is 0 Å². The van der Waals surface area contributed by atoms with Gasteiger partial charge in [0.1, 0.15) is 5.52 Å². The molecule has 144 valence electrons. The predicted octanol–water partition coefficient (Wildman–Crippen LogP) is 2.49. The van der Waals surface area contributed by atoms with Gasteiger partial charge in [0.15, 0.2) is 5.65 Å². The lowest BCUT2D eigenvalue weighted by Gasteiger charge is -2.33. The topological polar surface area (TPSA) is 71.3 Å². The Kier molecular flexibility index (Phi) is 4.85. The summed E-state index contributed by atoms with van der Waals surface area (Å²) in [6, 6.07) is 2.10. The first kappa shape index (κ1) is 17.9. The second-order valence-electron chi connectivity index (χ2n) is 7.91. The summed E-state index contributed by atoms with van der Waals surface area (Å²) in [7, 11) is 0. The van der Waals surface area contributed by atoms with Crippen LogP contribution < -0.4 is 0 Å². The first-order valence-electron chi connectivity index (χ1n) is 9.95. The SMILES string of the molecule is CC(C)n1cnc2cc(C(=O)N3CCC(C(=O)N4CCCC4)CC3)cnc21. The van der Waals surface area contributed by atoms with Gasteiger partial charge in [0, 0.05) is 44.3 Å². The smallest absolute Gasteiger partial charge is 0.255 e. The Hall–Kier alpha value is -2.44. The lowest BCUT2D eigenvalue weighted by Crippen LogP contribution is -2.43. The minimum atomic E-state index is -0.0180. The highest BCUT2D eigenvalue weighted by molar-refractivity contribution is 5.96. The van der Waals surface area contributed by atoms with Crippen LogP contribution >= 0.6 is 0 Å². The van der Waals surface area contributed by atoms with Crippen molar-refractivity contribution < 1.29 is 9.59 Å². The van der Waals surface area contributed by atoms with E-state index in [-0.39, 0.29) is 23.8 Å². The zero-order chi connectivity index (χ0) is 19.0. The van der Waals surface area contributed by atoms with Gasteiger partial charge in [0.25, 0.3) is 5.91 Å². The van der Waals surface area contributed by atoms with Crippen LogP contribution in [0, 0.1) is 5.92 Å². The van der Waals surface area contributed by atoms with Crippen molar-refractivity contribution in [3.8, 4) is 0 Å². The van der Waals surface area contributed by atoms with Gasteiger partial charge in [-0.15, -0.1) is 0 Å². The molecule has 0 radical (unpaired) electrons. The monoisotopic (exact) mass is 369 g/mol. The predicted molar refractivity (Wildman–Crippen MR) is 102 cm³/mol. The van der Waals surface area contributed by atoms with Gasteiger partial charge in [0.2, 0.25) is 5.91 Å². The third-order valence-corrected chi connectivity index (χ3v) is 5.77. The van der Waals surface area contributed by atoms with Crippen LogP contribution in [0.3, 0.4) is 0 Å². The number of nitrogens with zero attached hydrogens (tertiary/aromatic N) is 5. The summed E-state index contributed by atoms with van der Waals surface area (Å²) in [5.41, 5.74) is 2.12. The second-order valence-corrected chi connectivity index (χ2v) is 7.91. The number of aromatic nitrogens is 3. The molecule has 0 aromatic carbocycles. The first-order chi connectivity index (χ1) is 13.0. The van der Waals surface area contributed by atoms with Gasteiger partial charge in [-0.3, -0.25) is 9.59 Å². The summed E-state index contributed by atoms with van der Waals surface area (Å²) in [6.45, 7) is 7.20. The van der Waals surface area contributed by atoms with E-state index in [0.29, 0.717) is 18.7 Å². The molecular weight excluding hydrogens is 342 g/mol. The Balaban J connectivity index is 1.42. The molecule has 0 N–H and O–H groups in total. The molecule has 2 fully saturated rings. The number of fused-ring (bicyclic) bond motifs is 1. The number of carbonyl (C=O) groups excluding carboxylic acids is 2. The van der Waals surface area contributed by atoms with Crippen LogP contribution in [-0.2, 0) is 4.79 Å². The molecule has 0 saturated carbocycles. The molecule has 4 rings (SSSR count). The van der Waals surface area contributed by atoms with Crippen molar-refractivity contribution in [3.05, 3.63) is 24.2 Å². The molecule has 2 aromatic rings. The molecule has 0 bridgehead atoms. The molecule has 27 heavy (non-hydrogen) atoms. The molecule has 2 amide bonds. The fourth-order valence-electron chi connectivity index (χ4n) is 4.12. The fraction of sp³-hybridized carbons (Fsp3) is 0.600. The van der Waals surface area contributed by atoms with E-state index >= 15 is 0 Å². The summed E-state index contributed by atoms with van der Waals surface area (Å²) >= 11 is 0. The fourth-order valence-corrected chi connectivity index (χ4v) is 4.12. The average molecular weight is 369 g/mol. The van der Waals surface area contributed by atoms with Gasteiger partial charge in [-0.1, -0.05) is 0 Å². The average Bonchev–Trinajstić information content (AvgIpc) is 3.36. The molecule has 2 aliphatic rings. The minimum Gasteiger partial charge on any atom is -0.342 e. The Bertz CT molecular complexity index is 845. The van der Waals surface area contributed by atoms with Crippen LogP contribution in [0.15, 0.2) is 18.6 Å². The number of hydrogen-bond donors (Lipinski definition) is 0. The molecule has 0 spiro atoms. The Morgan fingerprint density at radius 3 is 2.41 bits per heavy atom. The van der Waals surface area contributed by atoms with Crippen molar-refractivity contribution in [3.63, 3.8) is 0 Å². The molecule has 0 unspecified atom stereocenters. The Morgan fingerprint density at radius 1 is 1.04 bits per heavy atom.